The van der Waals surface area contributed by atoms with Crippen molar-refractivity contribution in [2.45, 2.75) is 44.9 Å². The van der Waals surface area contributed by atoms with Crippen molar-refractivity contribution in [3.8, 4) is 0 Å². The minimum absolute atomic E-state index is 0.534. The van der Waals surface area contributed by atoms with Crippen LogP contribution in [0.5, 0.6) is 0 Å². The molecule has 0 aromatic rings. The monoisotopic (exact) mass is 190 g/mol. The average molecular weight is 190 g/mol. The summed E-state index contributed by atoms with van der Waals surface area (Å²) in [6.07, 6.45) is 11.4. The molecule has 4 aliphatic carbocycles. The highest BCUT2D eigenvalue weighted by Gasteiger charge is 2.50. The molecule has 1 heteroatoms. The van der Waals surface area contributed by atoms with E-state index in [9.17, 15) is 4.79 Å². The van der Waals surface area contributed by atoms with E-state index in [1.54, 1.807) is 6.08 Å². The van der Waals surface area contributed by atoms with Crippen molar-refractivity contribution in [1.82, 2.24) is 0 Å². The molecular formula is C13H18O. The van der Waals surface area contributed by atoms with Crippen molar-refractivity contribution in [2.24, 2.45) is 23.2 Å². The van der Waals surface area contributed by atoms with E-state index < -0.39 is 0 Å². The van der Waals surface area contributed by atoms with Gasteiger partial charge in [-0.2, -0.15) is 0 Å². The quantitative estimate of drug-likeness (QED) is 0.612. The summed E-state index contributed by atoms with van der Waals surface area (Å²) in [5.41, 5.74) is 0.534. The standard InChI is InChI=1S/C13H18O/c14-3-1-2-13-7-10-4-11(8-13)6-12(5-10)9-13/h1,10-12H,2,4-9H2. The van der Waals surface area contributed by atoms with Gasteiger partial charge in [0.1, 0.15) is 5.94 Å². The van der Waals surface area contributed by atoms with E-state index in [-0.39, 0.29) is 0 Å². The van der Waals surface area contributed by atoms with Gasteiger partial charge in [-0.15, -0.1) is 0 Å². The lowest BCUT2D eigenvalue weighted by atomic mass is 9.49. The second-order valence-corrected chi connectivity index (χ2v) is 5.94. The van der Waals surface area contributed by atoms with Crippen molar-refractivity contribution in [3.63, 3.8) is 0 Å². The molecule has 0 spiro atoms. The first kappa shape index (κ1) is 8.73. The highest BCUT2D eigenvalue weighted by molar-refractivity contribution is 5.45. The smallest absolute Gasteiger partial charge is 0.120 e. The zero-order valence-corrected chi connectivity index (χ0v) is 8.67. The van der Waals surface area contributed by atoms with E-state index in [0.717, 1.165) is 24.2 Å². The number of allylic oxidation sites excluding steroid dienone is 1. The van der Waals surface area contributed by atoms with Gasteiger partial charge in [-0.05, 0) is 68.1 Å². The Morgan fingerprint density at radius 1 is 1.07 bits per heavy atom. The largest absolute Gasteiger partial charge is 0.234 e. The molecule has 0 heterocycles. The summed E-state index contributed by atoms with van der Waals surface area (Å²) in [7, 11) is 0. The number of rotatable bonds is 2. The lowest BCUT2D eigenvalue weighted by Gasteiger charge is -2.56. The van der Waals surface area contributed by atoms with Crippen LogP contribution in [0.4, 0.5) is 0 Å². The van der Waals surface area contributed by atoms with Crippen molar-refractivity contribution < 1.29 is 4.79 Å². The zero-order valence-electron chi connectivity index (χ0n) is 8.67. The summed E-state index contributed by atoms with van der Waals surface area (Å²) in [6.45, 7) is 0. The maximum absolute atomic E-state index is 10.3. The minimum Gasteiger partial charge on any atom is -0.234 e. The maximum atomic E-state index is 10.3. The minimum atomic E-state index is 0.534. The van der Waals surface area contributed by atoms with Crippen LogP contribution in [0.2, 0.25) is 0 Å². The Kier molecular flexibility index (Phi) is 1.85. The summed E-state index contributed by atoms with van der Waals surface area (Å²) in [4.78, 5) is 10.3. The topological polar surface area (TPSA) is 17.1 Å². The first-order valence-corrected chi connectivity index (χ1v) is 5.99. The zero-order chi connectivity index (χ0) is 9.60. The van der Waals surface area contributed by atoms with Crippen LogP contribution in [0.3, 0.4) is 0 Å². The molecule has 14 heavy (non-hydrogen) atoms. The normalized spacial score (nSPS) is 49.0. The second kappa shape index (κ2) is 2.97. The van der Waals surface area contributed by atoms with Gasteiger partial charge in [0.25, 0.3) is 0 Å². The van der Waals surface area contributed by atoms with Crippen molar-refractivity contribution >= 4 is 5.94 Å². The Bertz CT molecular complexity index is 250. The summed E-state index contributed by atoms with van der Waals surface area (Å²) in [5, 5.41) is 0. The van der Waals surface area contributed by atoms with Gasteiger partial charge >= 0.3 is 0 Å². The molecule has 76 valence electrons. The third-order valence-corrected chi connectivity index (χ3v) is 4.78. The number of carbonyl (C=O) groups excluding carboxylic acids is 1. The van der Waals surface area contributed by atoms with Gasteiger partial charge in [-0.25, -0.2) is 4.79 Å². The lowest BCUT2D eigenvalue weighted by Crippen LogP contribution is -2.45. The third kappa shape index (κ3) is 1.26. The molecule has 4 fully saturated rings. The molecule has 0 unspecified atom stereocenters. The van der Waals surface area contributed by atoms with E-state index in [2.05, 4.69) is 0 Å². The number of hydrogen-bond acceptors (Lipinski definition) is 1. The van der Waals surface area contributed by atoms with Crippen molar-refractivity contribution in [1.29, 1.82) is 0 Å². The second-order valence-electron chi connectivity index (χ2n) is 5.94. The van der Waals surface area contributed by atoms with Crippen molar-refractivity contribution in [3.05, 3.63) is 6.08 Å². The molecule has 1 nitrogen and oxygen atoms in total. The van der Waals surface area contributed by atoms with Crippen LogP contribution in [0.1, 0.15) is 44.9 Å². The van der Waals surface area contributed by atoms with E-state index in [4.69, 9.17) is 0 Å². The fraction of sp³-hybridized carbons (Fsp3) is 0.846. The predicted molar refractivity (Wildman–Crippen MR) is 55.5 cm³/mol. The highest BCUT2D eigenvalue weighted by atomic mass is 16.1. The van der Waals surface area contributed by atoms with Gasteiger partial charge in [0.2, 0.25) is 0 Å². The molecule has 0 atom stereocenters. The molecule has 0 radical (unpaired) electrons. The Morgan fingerprint density at radius 2 is 1.57 bits per heavy atom. The van der Waals surface area contributed by atoms with Crippen LogP contribution < -0.4 is 0 Å². The van der Waals surface area contributed by atoms with Crippen LogP contribution in [0.15, 0.2) is 6.08 Å². The van der Waals surface area contributed by atoms with Gasteiger partial charge in [-0.1, -0.05) is 0 Å². The van der Waals surface area contributed by atoms with Crippen LogP contribution in [0, 0.1) is 23.2 Å². The van der Waals surface area contributed by atoms with Gasteiger partial charge in [0.05, 0.1) is 0 Å². The van der Waals surface area contributed by atoms with Crippen LogP contribution >= 0.6 is 0 Å². The molecule has 4 saturated carbocycles. The highest BCUT2D eigenvalue weighted by Crippen LogP contribution is 2.61. The molecule has 0 aromatic carbocycles. The molecule has 0 N–H and O–H groups in total. The Balaban J connectivity index is 1.83. The first-order valence-electron chi connectivity index (χ1n) is 5.99. The summed E-state index contributed by atoms with van der Waals surface area (Å²) in [5.74, 6) is 4.97. The van der Waals surface area contributed by atoms with E-state index in [1.165, 1.54) is 38.5 Å². The van der Waals surface area contributed by atoms with Crippen LogP contribution in [-0.4, -0.2) is 5.94 Å². The van der Waals surface area contributed by atoms with Gasteiger partial charge in [0.15, 0.2) is 0 Å². The first-order chi connectivity index (χ1) is 6.80. The molecule has 0 saturated heterocycles. The molecule has 4 bridgehead atoms. The van der Waals surface area contributed by atoms with Crippen LogP contribution in [-0.2, 0) is 4.79 Å². The van der Waals surface area contributed by atoms with E-state index in [1.807, 2.05) is 5.94 Å². The van der Waals surface area contributed by atoms with E-state index in [0.29, 0.717) is 5.41 Å². The third-order valence-electron chi connectivity index (χ3n) is 4.78. The molecule has 0 amide bonds. The summed E-state index contributed by atoms with van der Waals surface area (Å²) >= 11 is 0. The summed E-state index contributed by atoms with van der Waals surface area (Å²) < 4.78 is 0. The predicted octanol–water partition coefficient (Wildman–Crippen LogP) is 2.98. The molecule has 0 aromatic heterocycles. The van der Waals surface area contributed by atoms with Gasteiger partial charge in [-0.3, -0.25) is 0 Å². The van der Waals surface area contributed by atoms with Gasteiger partial charge in [0, 0.05) is 6.08 Å². The Morgan fingerprint density at radius 3 is 2.00 bits per heavy atom. The molecular weight excluding hydrogens is 172 g/mol. The Hall–Kier alpha value is -0.550. The average Bonchev–Trinajstić information content (AvgIpc) is 2.12. The SMILES string of the molecule is O=C=CCC12CC3CC(CC(C3)C1)C2. The van der Waals surface area contributed by atoms with Crippen LogP contribution in [0.25, 0.3) is 0 Å². The fourth-order valence-corrected chi connectivity index (χ4v) is 4.80. The molecule has 4 aliphatic rings. The molecule has 0 aliphatic heterocycles. The fourth-order valence-electron chi connectivity index (χ4n) is 4.80. The number of hydrogen-bond donors (Lipinski definition) is 0. The van der Waals surface area contributed by atoms with Crippen molar-refractivity contribution in [2.75, 3.05) is 0 Å². The van der Waals surface area contributed by atoms with Gasteiger partial charge < -0.3 is 0 Å². The maximum Gasteiger partial charge on any atom is 0.120 e. The Labute approximate surface area is 85.6 Å². The van der Waals surface area contributed by atoms with E-state index >= 15 is 0 Å². The summed E-state index contributed by atoms with van der Waals surface area (Å²) in [6, 6.07) is 0. The lowest BCUT2D eigenvalue weighted by molar-refractivity contribution is -0.0505. The molecule has 4 rings (SSSR count).